The Morgan fingerprint density at radius 2 is 1.85 bits per heavy atom. The van der Waals surface area contributed by atoms with Gasteiger partial charge in [0.15, 0.2) is 11.6 Å². The van der Waals surface area contributed by atoms with Gasteiger partial charge >= 0.3 is 0 Å². The monoisotopic (exact) mass is 328 g/mol. The minimum atomic E-state index is 0.197. The predicted octanol–water partition coefficient (Wildman–Crippen LogP) is 5.14. The molecule has 102 valence electrons. The van der Waals surface area contributed by atoms with Crippen LogP contribution in [0, 0.1) is 0 Å². The SMILES string of the molecule is Nc1noc(-c2ccoc2Cl)c1-c1ccc(Cl)c(Cl)c1. The van der Waals surface area contributed by atoms with E-state index >= 15 is 0 Å². The summed E-state index contributed by atoms with van der Waals surface area (Å²) >= 11 is 17.9. The second-order valence-corrected chi connectivity index (χ2v) is 5.17. The molecule has 0 amide bonds. The van der Waals surface area contributed by atoms with Crippen LogP contribution in [-0.2, 0) is 0 Å². The van der Waals surface area contributed by atoms with Gasteiger partial charge in [-0.15, -0.1) is 0 Å². The molecule has 2 aromatic heterocycles. The summed E-state index contributed by atoms with van der Waals surface area (Å²) in [4.78, 5) is 0. The second-order valence-electron chi connectivity index (χ2n) is 4.01. The fraction of sp³-hybridized carbons (Fsp3) is 0. The Morgan fingerprint density at radius 3 is 2.50 bits per heavy atom. The second kappa shape index (κ2) is 5.05. The maximum Gasteiger partial charge on any atom is 0.204 e. The number of nitrogens with zero attached hydrogens (tertiary/aromatic N) is 1. The molecule has 0 atom stereocenters. The summed E-state index contributed by atoms with van der Waals surface area (Å²) in [7, 11) is 0. The Morgan fingerprint density at radius 1 is 1.05 bits per heavy atom. The van der Waals surface area contributed by atoms with Gasteiger partial charge in [-0.1, -0.05) is 34.4 Å². The lowest BCUT2D eigenvalue weighted by Gasteiger charge is -2.03. The molecule has 3 aromatic rings. The van der Waals surface area contributed by atoms with E-state index < -0.39 is 0 Å². The van der Waals surface area contributed by atoms with Crippen LogP contribution in [0.25, 0.3) is 22.5 Å². The molecule has 0 aliphatic heterocycles. The van der Waals surface area contributed by atoms with E-state index in [0.717, 1.165) is 5.56 Å². The molecule has 0 spiro atoms. The van der Waals surface area contributed by atoms with Gasteiger partial charge in [-0.25, -0.2) is 0 Å². The fourth-order valence-electron chi connectivity index (χ4n) is 1.87. The molecule has 1 aromatic carbocycles. The highest BCUT2D eigenvalue weighted by Gasteiger charge is 2.21. The van der Waals surface area contributed by atoms with Crippen LogP contribution in [0.1, 0.15) is 0 Å². The highest BCUT2D eigenvalue weighted by Crippen LogP contribution is 2.41. The number of anilines is 1. The Balaban J connectivity index is 2.21. The summed E-state index contributed by atoms with van der Waals surface area (Å²) in [6.07, 6.45) is 1.45. The topological polar surface area (TPSA) is 65.2 Å². The first kappa shape index (κ1) is 13.4. The summed E-state index contributed by atoms with van der Waals surface area (Å²) in [5.41, 5.74) is 7.75. The van der Waals surface area contributed by atoms with Crippen LogP contribution in [0.5, 0.6) is 0 Å². The van der Waals surface area contributed by atoms with E-state index in [2.05, 4.69) is 5.16 Å². The molecule has 20 heavy (non-hydrogen) atoms. The first-order valence-electron chi connectivity index (χ1n) is 5.52. The van der Waals surface area contributed by atoms with E-state index in [1.54, 1.807) is 24.3 Å². The van der Waals surface area contributed by atoms with Gasteiger partial charge in [0.05, 0.1) is 27.4 Å². The van der Waals surface area contributed by atoms with Gasteiger partial charge in [0.2, 0.25) is 5.22 Å². The first-order chi connectivity index (χ1) is 9.58. The van der Waals surface area contributed by atoms with Crippen molar-refractivity contribution < 1.29 is 8.94 Å². The van der Waals surface area contributed by atoms with Crippen molar-refractivity contribution in [2.75, 3.05) is 5.73 Å². The highest BCUT2D eigenvalue weighted by molar-refractivity contribution is 6.42. The van der Waals surface area contributed by atoms with E-state index in [9.17, 15) is 0 Å². The van der Waals surface area contributed by atoms with Crippen LogP contribution < -0.4 is 5.73 Å². The number of halogens is 3. The van der Waals surface area contributed by atoms with Crippen molar-refractivity contribution in [3.8, 4) is 22.5 Å². The Hall–Kier alpha value is -1.62. The smallest absolute Gasteiger partial charge is 0.204 e. The molecule has 0 saturated heterocycles. The van der Waals surface area contributed by atoms with Gasteiger partial charge in [-0.2, -0.15) is 0 Å². The average Bonchev–Trinajstić information content (AvgIpc) is 2.99. The van der Waals surface area contributed by atoms with Gasteiger partial charge in [-0.05, 0) is 35.4 Å². The number of nitrogens with two attached hydrogens (primary N) is 1. The summed E-state index contributed by atoms with van der Waals surface area (Å²) in [6, 6.07) is 6.80. The zero-order chi connectivity index (χ0) is 14.3. The fourth-order valence-corrected chi connectivity index (χ4v) is 2.37. The van der Waals surface area contributed by atoms with Crippen molar-refractivity contribution in [3.05, 3.63) is 45.8 Å². The largest absolute Gasteiger partial charge is 0.452 e. The molecular formula is C13H7Cl3N2O2. The van der Waals surface area contributed by atoms with Gasteiger partial charge in [0, 0.05) is 0 Å². The molecule has 0 aliphatic rings. The third kappa shape index (κ3) is 2.16. The van der Waals surface area contributed by atoms with E-state index in [1.165, 1.54) is 6.26 Å². The standard InChI is InChI=1S/C13H7Cl3N2O2/c14-8-2-1-6(5-9(8)15)10-11(20-18-13(10)17)7-3-4-19-12(7)16/h1-5H,(H2,17,18). The molecule has 0 unspecified atom stereocenters. The average molecular weight is 330 g/mol. The van der Waals surface area contributed by atoms with Gasteiger partial charge in [-0.3, -0.25) is 0 Å². The third-order valence-electron chi connectivity index (χ3n) is 2.79. The zero-order valence-corrected chi connectivity index (χ0v) is 12.1. The third-order valence-corrected chi connectivity index (χ3v) is 3.82. The summed E-state index contributed by atoms with van der Waals surface area (Å²) in [5, 5.41) is 4.83. The lowest BCUT2D eigenvalue weighted by molar-refractivity contribution is 0.435. The molecule has 2 N–H and O–H groups in total. The molecule has 0 aliphatic carbocycles. The van der Waals surface area contributed by atoms with Crippen molar-refractivity contribution in [2.45, 2.75) is 0 Å². The Labute approximate surface area is 129 Å². The summed E-state index contributed by atoms with van der Waals surface area (Å²) < 4.78 is 10.3. The molecular weight excluding hydrogens is 323 g/mol. The molecule has 0 bridgehead atoms. The van der Waals surface area contributed by atoms with Crippen molar-refractivity contribution in [3.63, 3.8) is 0 Å². The normalized spacial score (nSPS) is 10.9. The first-order valence-corrected chi connectivity index (χ1v) is 6.65. The molecule has 0 saturated carbocycles. The van der Waals surface area contributed by atoms with Gasteiger partial charge < -0.3 is 14.7 Å². The van der Waals surface area contributed by atoms with Gasteiger partial charge in [0.25, 0.3) is 0 Å². The van der Waals surface area contributed by atoms with E-state index in [1.807, 2.05) is 0 Å². The lowest BCUT2D eigenvalue weighted by Crippen LogP contribution is -1.89. The molecule has 0 fully saturated rings. The van der Waals surface area contributed by atoms with Crippen molar-refractivity contribution in [1.82, 2.24) is 5.16 Å². The Bertz CT molecular complexity index is 780. The van der Waals surface area contributed by atoms with E-state index in [0.29, 0.717) is 26.9 Å². The minimum absolute atomic E-state index is 0.197. The number of aromatic nitrogens is 1. The number of benzene rings is 1. The molecule has 0 radical (unpaired) electrons. The minimum Gasteiger partial charge on any atom is -0.452 e. The van der Waals surface area contributed by atoms with Crippen LogP contribution in [0.15, 0.2) is 39.5 Å². The number of furan rings is 1. The number of hydrogen-bond acceptors (Lipinski definition) is 4. The molecule has 4 nitrogen and oxygen atoms in total. The maximum absolute atomic E-state index is 6.02. The van der Waals surface area contributed by atoms with Gasteiger partial charge in [0.1, 0.15) is 0 Å². The lowest BCUT2D eigenvalue weighted by atomic mass is 10.0. The van der Waals surface area contributed by atoms with Crippen LogP contribution in [0.4, 0.5) is 5.82 Å². The number of nitrogen functional groups attached to an aromatic ring is 1. The van der Waals surface area contributed by atoms with Crippen LogP contribution in [0.3, 0.4) is 0 Å². The molecule has 2 heterocycles. The van der Waals surface area contributed by atoms with Crippen LogP contribution in [0.2, 0.25) is 15.3 Å². The van der Waals surface area contributed by atoms with Crippen molar-refractivity contribution in [2.24, 2.45) is 0 Å². The quantitative estimate of drug-likeness (QED) is 0.706. The van der Waals surface area contributed by atoms with Crippen molar-refractivity contribution in [1.29, 1.82) is 0 Å². The summed E-state index contributed by atoms with van der Waals surface area (Å²) in [6.45, 7) is 0. The zero-order valence-electron chi connectivity index (χ0n) is 9.86. The van der Waals surface area contributed by atoms with Crippen molar-refractivity contribution >= 4 is 40.6 Å². The Kier molecular flexibility index (Phi) is 3.38. The maximum atomic E-state index is 6.02. The van der Waals surface area contributed by atoms with Crippen LogP contribution in [-0.4, -0.2) is 5.16 Å². The number of hydrogen-bond donors (Lipinski definition) is 1. The highest BCUT2D eigenvalue weighted by atomic mass is 35.5. The van der Waals surface area contributed by atoms with E-state index in [4.69, 9.17) is 49.5 Å². The number of rotatable bonds is 2. The predicted molar refractivity (Wildman–Crippen MR) is 79.1 cm³/mol. The summed E-state index contributed by atoms with van der Waals surface area (Å²) in [5.74, 6) is 0.648. The van der Waals surface area contributed by atoms with Crippen LogP contribution >= 0.6 is 34.8 Å². The van der Waals surface area contributed by atoms with E-state index in [-0.39, 0.29) is 11.0 Å². The molecule has 7 heteroatoms. The molecule has 3 rings (SSSR count).